The molecule has 0 bridgehead atoms. The first kappa shape index (κ1) is 15.0. The summed E-state index contributed by atoms with van der Waals surface area (Å²) in [7, 11) is 0. The molecular formula is C21H23N3. The smallest absolute Gasteiger partial charge is 0.0368 e. The summed E-state index contributed by atoms with van der Waals surface area (Å²) in [6.07, 6.45) is 0. The van der Waals surface area contributed by atoms with E-state index in [9.17, 15) is 0 Å². The number of benzene rings is 3. The summed E-state index contributed by atoms with van der Waals surface area (Å²) in [5.41, 5.74) is 9.31. The number of piperazine rings is 1. The van der Waals surface area contributed by atoms with Crippen molar-refractivity contribution in [3.63, 3.8) is 0 Å². The molecule has 0 aromatic heterocycles. The van der Waals surface area contributed by atoms with E-state index in [1.807, 2.05) is 12.1 Å². The molecule has 3 aromatic carbocycles. The van der Waals surface area contributed by atoms with E-state index in [1.54, 1.807) is 0 Å². The molecule has 3 heteroatoms. The summed E-state index contributed by atoms with van der Waals surface area (Å²) in [6, 6.07) is 23.5. The molecule has 1 fully saturated rings. The Hall–Kier alpha value is -2.52. The molecule has 4 rings (SSSR count). The normalized spacial score (nSPS) is 15.8. The lowest BCUT2D eigenvalue weighted by Crippen LogP contribution is -2.45. The minimum atomic E-state index is 0.827. The Morgan fingerprint density at radius 2 is 1.46 bits per heavy atom. The quantitative estimate of drug-likeness (QED) is 0.747. The van der Waals surface area contributed by atoms with Crippen molar-refractivity contribution in [3.05, 3.63) is 72.3 Å². The maximum Gasteiger partial charge on any atom is 0.0368 e. The predicted octanol–water partition coefficient (Wildman–Crippen LogP) is 3.74. The molecule has 24 heavy (non-hydrogen) atoms. The Balaban J connectivity index is 1.43. The number of nitrogens with two attached hydrogens (primary N) is 1. The number of rotatable bonds is 3. The zero-order valence-corrected chi connectivity index (χ0v) is 13.9. The van der Waals surface area contributed by atoms with Crippen molar-refractivity contribution < 1.29 is 0 Å². The molecule has 1 saturated heterocycles. The Morgan fingerprint density at radius 1 is 0.750 bits per heavy atom. The van der Waals surface area contributed by atoms with Gasteiger partial charge in [0.15, 0.2) is 0 Å². The third kappa shape index (κ3) is 3.08. The largest absolute Gasteiger partial charge is 0.399 e. The molecule has 1 aliphatic rings. The lowest BCUT2D eigenvalue weighted by atomic mass is 10.0. The van der Waals surface area contributed by atoms with E-state index in [0.717, 1.165) is 38.4 Å². The first-order valence-corrected chi connectivity index (χ1v) is 8.59. The molecule has 122 valence electrons. The molecule has 0 saturated carbocycles. The van der Waals surface area contributed by atoms with Crippen molar-refractivity contribution >= 4 is 22.1 Å². The zero-order valence-electron chi connectivity index (χ0n) is 13.9. The van der Waals surface area contributed by atoms with Gasteiger partial charge in [-0.1, -0.05) is 42.5 Å². The van der Waals surface area contributed by atoms with Gasteiger partial charge in [-0.25, -0.2) is 0 Å². The Morgan fingerprint density at radius 3 is 2.25 bits per heavy atom. The van der Waals surface area contributed by atoms with Crippen molar-refractivity contribution in [2.24, 2.45) is 0 Å². The minimum absolute atomic E-state index is 0.827. The van der Waals surface area contributed by atoms with Crippen LogP contribution in [0.4, 0.5) is 11.4 Å². The van der Waals surface area contributed by atoms with E-state index in [-0.39, 0.29) is 0 Å². The first-order valence-electron chi connectivity index (χ1n) is 8.59. The second-order valence-corrected chi connectivity index (χ2v) is 6.49. The van der Waals surface area contributed by atoms with Crippen molar-refractivity contribution in [2.45, 2.75) is 6.54 Å². The standard InChI is InChI=1S/C21H23N3/c22-19-8-10-20(11-9-19)24-14-12-23(13-15-24)16-18-6-3-5-17-4-1-2-7-21(17)18/h1-11H,12-16,22H2. The van der Waals surface area contributed by atoms with Crippen molar-refractivity contribution in [1.29, 1.82) is 0 Å². The summed E-state index contributed by atoms with van der Waals surface area (Å²) < 4.78 is 0. The second-order valence-electron chi connectivity index (χ2n) is 6.49. The average Bonchev–Trinajstić information content (AvgIpc) is 2.63. The van der Waals surface area contributed by atoms with Gasteiger partial charge in [0.25, 0.3) is 0 Å². The van der Waals surface area contributed by atoms with Gasteiger partial charge in [0, 0.05) is 44.1 Å². The number of nitrogen functional groups attached to an aromatic ring is 1. The monoisotopic (exact) mass is 317 g/mol. The van der Waals surface area contributed by atoms with Crippen LogP contribution in [-0.4, -0.2) is 31.1 Å². The van der Waals surface area contributed by atoms with Gasteiger partial charge in [0.1, 0.15) is 0 Å². The van der Waals surface area contributed by atoms with E-state index in [1.165, 1.54) is 22.0 Å². The molecule has 0 atom stereocenters. The highest BCUT2D eigenvalue weighted by Gasteiger charge is 2.17. The molecule has 0 unspecified atom stereocenters. The number of fused-ring (bicyclic) bond motifs is 1. The lowest BCUT2D eigenvalue weighted by molar-refractivity contribution is 0.250. The zero-order chi connectivity index (χ0) is 16.4. The van der Waals surface area contributed by atoms with Gasteiger partial charge >= 0.3 is 0 Å². The Labute approximate surface area is 143 Å². The summed E-state index contributed by atoms with van der Waals surface area (Å²) in [4.78, 5) is 4.99. The molecular weight excluding hydrogens is 294 g/mol. The fourth-order valence-electron chi connectivity index (χ4n) is 3.52. The van der Waals surface area contributed by atoms with Gasteiger partial charge in [-0.3, -0.25) is 4.90 Å². The Bertz CT molecular complexity index is 813. The third-order valence-corrected chi connectivity index (χ3v) is 4.90. The number of hydrogen-bond donors (Lipinski definition) is 1. The van der Waals surface area contributed by atoms with Gasteiger partial charge in [0.2, 0.25) is 0 Å². The van der Waals surface area contributed by atoms with Crippen LogP contribution in [-0.2, 0) is 6.54 Å². The summed E-state index contributed by atoms with van der Waals surface area (Å²) >= 11 is 0. The highest BCUT2D eigenvalue weighted by molar-refractivity contribution is 5.85. The van der Waals surface area contributed by atoms with Crippen LogP contribution in [0.25, 0.3) is 10.8 Å². The fraction of sp³-hybridized carbons (Fsp3) is 0.238. The van der Waals surface area contributed by atoms with E-state index < -0.39 is 0 Å². The fourth-order valence-corrected chi connectivity index (χ4v) is 3.52. The van der Waals surface area contributed by atoms with Crippen LogP contribution in [0.15, 0.2) is 66.7 Å². The van der Waals surface area contributed by atoms with Gasteiger partial charge in [-0.15, -0.1) is 0 Å². The molecule has 1 aliphatic heterocycles. The van der Waals surface area contributed by atoms with Crippen LogP contribution in [0.3, 0.4) is 0 Å². The van der Waals surface area contributed by atoms with Crippen molar-refractivity contribution in [3.8, 4) is 0 Å². The van der Waals surface area contributed by atoms with E-state index in [0.29, 0.717) is 0 Å². The van der Waals surface area contributed by atoms with Gasteiger partial charge < -0.3 is 10.6 Å². The number of hydrogen-bond acceptors (Lipinski definition) is 3. The van der Waals surface area contributed by atoms with E-state index in [4.69, 9.17) is 5.73 Å². The van der Waals surface area contributed by atoms with Crippen LogP contribution in [0.1, 0.15) is 5.56 Å². The highest BCUT2D eigenvalue weighted by atomic mass is 15.3. The summed E-state index contributed by atoms with van der Waals surface area (Å²) in [5.74, 6) is 0. The second kappa shape index (κ2) is 6.54. The van der Waals surface area contributed by atoms with Crippen molar-refractivity contribution in [1.82, 2.24) is 4.90 Å². The molecule has 0 radical (unpaired) electrons. The first-order chi connectivity index (χ1) is 11.8. The van der Waals surface area contributed by atoms with Gasteiger partial charge in [0.05, 0.1) is 0 Å². The maximum absolute atomic E-state index is 5.78. The predicted molar refractivity (Wildman–Crippen MR) is 102 cm³/mol. The highest BCUT2D eigenvalue weighted by Crippen LogP contribution is 2.22. The molecule has 1 heterocycles. The van der Waals surface area contributed by atoms with Gasteiger partial charge in [-0.2, -0.15) is 0 Å². The summed E-state index contributed by atoms with van der Waals surface area (Å²) in [6.45, 7) is 5.33. The molecule has 0 aliphatic carbocycles. The van der Waals surface area contributed by atoms with Crippen LogP contribution < -0.4 is 10.6 Å². The van der Waals surface area contributed by atoms with Crippen LogP contribution in [0.5, 0.6) is 0 Å². The maximum atomic E-state index is 5.78. The van der Waals surface area contributed by atoms with E-state index in [2.05, 4.69) is 64.4 Å². The molecule has 0 amide bonds. The van der Waals surface area contributed by atoms with Crippen LogP contribution in [0, 0.1) is 0 Å². The lowest BCUT2D eigenvalue weighted by Gasteiger charge is -2.36. The van der Waals surface area contributed by atoms with Gasteiger partial charge in [-0.05, 0) is 40.6 Å². The third-order valence-electron chi connectivity index (χ3n) is 4.90. The number of nitrogens with zero attached hydrogens (tertiary/aromatic N) is 2. The molecule has 3 aromatic rings. The van der Waals surface area contributed by atoms with Crippen molar-refractivity contribution in [2.75, 3.05) is 36.8 Å². The SMILES string of the molecule is Nc1ccc(N2CCN(Cc3cccc4ccccc34)CC2)cc1. The average molecular weight is 317 g/mol. The molecule has 0 spiro atoms. The van der Waals surface area contributed by atoms with Crippen LogP contribution >= 0.6 is 0 Å². The van der Waals surface area contributed by atoms with E-state index >= 15 is 0 Å². The molecule has 2 N–H and O–H groups in total. The van der Waals surface area contributed by atoms with Crippen LogP contribution in [0.2, 0.25) is 0 Å². The number of anilines is 2. The summed E-state index contributed by atoms with van der Waals surface area (Å²) in [5, 5.41) is 2.71. The Kier molecular flexibility index (Phi) is 4.09. The topological polar surface area (TPSA) is 32.5 Å². The minimum Gasteiger partial charge on any atom is -0.399 e. The molecule has 3 nitrogen and oxygen atoms in total.